The lowest BCUT2D eigenvalue weighted by molar-refractivity contribution is 0.217. The molecule has 0 aliphatic rings. The number of rotatable bonds is 11. The van der Waals surface area contributed by atoms with Gasteiger partial charge < -0.3 is 18.7 Å². The van der Waals surface area contributed by atoms with Gasteiger partial charge in [-0.15, -0.1) is 0 Å². The van der Waals surface area contributed by atoms with Gasteiger partial charge in [0.15, 0.2) is 11.4 Å². The molecule has 3 aromatic rings. The average Bonchev–Trinajstić information content (AvgIpc) is 3.10. The van der Waals surface area contributed by atoms with E-state index in [1.54, 1.807) is 24.3 Å². The third kappa shape index (κ3) is 6.27. The second-order valence-corrected chi connectivity index (χ2v) is 10.1. The number of sulfonamides is 1. The molecule has 2 aromatic carbocycles. The van der Waals surface area contributed by atoms with Crippen molar-refractivity contribution in [1.29, 1.82) is 0 Å². The monoisotopic (exact) mass is 482 g/mol. The molecular weight excluding hydrogens is 456 g/mol. The summed E-state index contributed by atoms with van der Waals surface area (Å²) in [6.45, 7) is 6.99. The zero-order chi connectivity index (χ0) is 23.3. The van der Waals surface area contributed by atoms with E-state index in [4.69, 9.17) is 30.3 Å². The number of halogens is 1. The van der Waals surface area contributed by atoms with Crippen LogP contribution in [0, 0.1) is 12.8 Å². The molecule has 3 rings (SSSR count). The van der Waals surface area contributed by atoms with Gasteiger partial charge in [-0.1, -0.05) is 30.6 Å². The van der Waals surface area contributed by atoms with E-state index >= 15 is 0 Å². The first kappa shape index (κ1) is 24.2. The van der Waals surface area contributed by atoms with Crippen LogP contribution in [0.15, 0.2) is 34.9 Å². The quantitative estimate of drug-likeness (QED) is 0.419. The summed E-state index contributed by atoms with van der Waals surface area (Å²) in [6, 6.07) is 8.90. The van der Waals surface area contributed by atoms with Gasteiger partial charge in [0.05, 0.1) is 29.4 Å². The molecule has 0 radical (unpaired) electrons. The van der Waals surface area contributed by atoms with E-state index in [-0.39, 0.29) is 24.8 Å². The van der Waals surface area contributed by atoms with Crippen LogP contribution in [0.2, 0.25) is 5.02 Å². The van der Waals surface area contributed by atoms with Gasteiger partial charge in [0, 0.05) is 13.2 Å². The first-order chi connectivity index (χ1) is 15.2. The summed E-state index contributed by atoms with van der Waals surface area (Å²) in [5.41, 5.74) is 2.23. The topological polar surface area (TPSA) is 99.9 Å². The van der Waals surface area contributed by atoms with E-state index in [9.17, 15) is 8.42 Å². The molecule has 174 valence electrons. The zero-order valence-corrected chi connectivity index (χ0v) is 20.0. The highest BCUT2D eigenvalue weighted by Gasteiger charge is 2.17. The smallest absolute Gasteiger partial charge is 0.236 e. The Morgan fingerprint density at radius 3 is 2.66 bits per heavy atom. The summed E-state index contributed by atoms with van der Waals surface area (Å²) in [5.74, 6) is 1.60. The standard InChI is InChI=1S/C22H27ClN2O6S/c1-14(2)12-30-20-6-5-17(11-19(20)23)29-13-16-10-21-18(9-15(16)3)22(24-31-21)25-32(26,27)8-7-28-4/h5-6,9-11,14H,7-8,12-13H2,1-4H3,(H,24,25). The number of nitrogens with one attached hydrogen (secondary N) is 1. The maximum absolute atomic E-state index is 12.1. The highest BCUT2D eigenvalue weighted by Crippen LogP contribution is 2.31. The summed E-state index contributed by atoms with van der Waals surface area (Å²) >= 11 is 6.30. The number of aromatic nitrogens is 1. The van der Waals surface area contributed by atoms with Gasteiger partial charge in [0.1, 0.15) is 18.1 Å². The predicted octanol–water partition coefficient (Wildman–Crippen LogP) is 4.79. The maximum atomic E-state index is 12.1. The third-order valence-corrected chi connectivity index (χ3v) is 6.11. The summed E-state index contributed by atoms with van der Waals surface area (Å²) in [5, 5.41) is 4.92. The number of nitrogens with zero attached hydrogens (tertiary/aromatic N) is 1. The van der Waals surface area contributed by atoms with Crippen LogP contribution >= 0.6 is 11.6 Å². The molecule has 32 heavy (non-hydrogen) atoms. The second-order valence-electron chi connectivity index (χ2n) is 7.81. The second kappa shape index (κ2) is 10.4. The summed E-state index contributed by atoms with van der Waals surface area (Å²) in [7, 11) is -2.15. The Bertz CT molecular complexity index is 1180. The zero-order valence-electron chi connectivity index (χ0n) is 18.5. The molecule has 0 saturated heterocycles. The summed E-state index contributed by atoms with van der Waals surface area (Å²) in [4.78, 5) is 0. The number of methoxy groups -OCH3 is 1. The van der Waals surface area contributed by atoms with Gasteiger partial charge in [-0.3, -0.25) is 4.72 Å². The molecule has 8 nitrogen and oxygen atoms in total. The van der Waals surface area contributed by atoms with Crippen molar-refractivity contribution in [1.82, 2.24) is 5.16 Å². The summed E-state index contributed by atoms with van der Waals surface area (Å²) < 4.78 is 48.4. The van der Waals surface area contributed by atoms with Crippen molar-refractivity contribution in [3.63, 3.8) is 0 Å². The number of anilines is 1. The van der Waals surface area contributed by atoms with Crippen molar-refractivity contribution in [2.45, 2.75) is 27.4 Å². The van der Waals surface area contributed by atoms with Gasteiger partial charge in [-0.2, -0.15) is 0 Å². The number of hydrogen-bond donors (Lipinski definition) is 1. The molecule has 0 saturated carbocycles. The van der Waals surface area contributed by atoms with Crippen molar-refractivity contribution < 1.29 is 27.2 Å². The van der Waals surface area contributed by atoms with Crippen molar-refractivity contribution in [2.24, 2.45) is 5.92 Å². The normalized spacial score (nSPS) is 11.8. The molecule has 0 spiro atoms. The van der Waals surface area contributed by atoms with Gasteiger partial charge in [0.25, 0.3) is 0 Å². The lowest BCUT2D eigenvalue weighted by atomic mass is 10.1. The molecule has 0 fully saturated rings. The number of aryl methyl sites for hydroxylation is 1. The lowest BCUT2D eigenvalue weighted by Crippen LogP contribution is -2.20. The number of hydrogen-bond acceptors (Lipinski definition) is 7. The molecule has 0 bridgehead atoms. The van der Waals surface area contributed by atoms with E-state index in [0.717, 1.165) is 11.1 Å². The highest BCUT2D eigenvalue weighted by atomic mass is 35.5. The Labute approximate surface area is 192 Å². The maximum Gasteiger partial charge on any atom is 0.236 e. The largest absolute Gasteiger partial charge is 0.492 e. The predicted molar refractivity (Wildman–Crippen MR) is 124 cm³/mol. The fraction of sp³-hybridized carbons (Fsp3) is 0.409. The molecule has 1 heterocycles. The van der Waals surface area contributed by atoms with Crippen molar-refractivity contribution in [3.05, 3.63) is 46.5 Å². The molecular formula is C22H27ClN2O6S. The van der Waals surface area contributed by atoms with Crippen LogP contribution in [-0.4, -0.2) is 39.7 Å². The van der Waals surface area contributed by atoms with Gasteiger partial charge in [0.2, 0.25) is 10.0 Å². The number of ether oxygens (including phenoxy) is 3. The van der Waals surface area contributed by atoms with Gasteiger partial charge >= 0.3 is 0 Å². The van der Waals surface area contributed by atoms with Crippen LogP contribution in [-0.2, 0) is 21.4 Å². The van der Waals surface area contributed by atoms with Crippen LogP contribution in [0.5, 0.6) is 11.5 Å². The minimum absolute atomic E-state index is 0.0838. The third-order valence-electron chi connectivity index (χ3n) is 4.61. The molecule has 1 aromatic heterocycles. The minimum atomic E-state index is -3.59. The molecule has 0 unspecified atom stereocenters. The van der Waals surface area contributed by atoms with E-state index < -0.39 is 10.0 Å². The Hall–Kier alpha value is -2.49. The summed E-state index contributed by atoms with van der Waals surface area (Å²) in [6.07, 6.45) is 0. The van der Waals surface area contributed by atoms with Crippen LogP contribution < -0.4 is 14.2 Å². The minimum Gasteiger partial charge on any atom is -0.492 e. The highest BCUT2D eigenvalue weighted by molar-refractivity contribution is 7.92. The van der Waals surface area contributed by atoms with Gasteiger partial charge in [-0.25, -0.2) is 8.42 Å². The molecule has 1 N–H and O–H groups in total. The average molecular weight is 483 g/mol. The Morgan fingerprint density at radius 2 is 1.97 bits per heavy atom. The lowest BCUT2D eigenvalue weighted by Gasteiger charge is -2.13. The van der Waals surface area contributed by atoms with E-state index in [2.05, 4.69) is 23.7 Å². The fourth-order valence-corrected chi connectivity index (χ4v) is 4.02. The van der Waals surface area contributed by atoms with Crippen molar-refractivity contribution in [2.75, 3.05) is 30.8 Å². The first-order valence-corrected chi connectivity index (χ1v) is 12.1. The molecule has 0 atom stereocenters. The fourth-order valence-electron chi connectivity index (χ4n) is 2.86. The molecule has 10 heteroatoms. The number of fused-ring (bicyclic) bond motifs is 1. The molecule has 0 amide bonds. The van der Waals surface area contributed by atoms with Crippen molar-refractivity contribution >= 4 is 38.4 Å². The Morgan fingerprint density at radius 1 is 1.19 bits per heavy atom. The van der Waals surface area contributed by atoms with E-state index in [1.165, 1.54) is 7.11 Å². The van der Waals surface area contributed by atoms with Crippen LogP contribution in [0.25, 0.3) is 11.0 Å². The SMILES string of the molecule is COCCS(=O)(=O)Nc1noc2cc(COc3ccc(OCC(C)C)c(Cl)c3)c(C)cc12. The molecule has 0 aliphatic heterocycles. The molecule has 0 aliphatic carbocycles. The van der Waals surface area contributed by atoms with Crippen molar-refractivity contribution in [3.8, 4) is 11.5 Å². The Kier molecular flexibility index (Phi) is 7.86. The Balaban J connectivity index is 1.71. The van der Waals surface area contributed by atoms with E-state index in [0.29, 0.717) is 40.0 Å². The van der Waals surface area contributed by atoms with Crippen LogP contribution in [0.4, 0.5) is 5.82 Å². The van der Waals surface area contributed by atoms with Crippen LogP contribution in [0.1, 0.15) is 25.0 Å². The van der Waals surface area contributed by atoms with Crippen LogP contribution in [0.3, 0.4) is 0 Å². The van der Waals surface area contributed by atoms with Gasteiger partial charge in [-0.05, 0) is 48.2 Å². The first-order valence-electron chi connectivity index (χ1n) is 10.1. The van der Waals surface area contributed by atoms with E-state index in [1.807, 2.05) is 13.0 Å². The number of benzene rings is 2.